The van der Waals surface area contributed by atoms with Gasteiger partial charge in [-0.05, 0) is 22.0 Å². The molecule has 2 heterocycles. The summed E-state index contributed by atoms with van der Waals surface area (Å²) in [6.07, 6.45) is 3.48. The van der Waals surface area contributed by atoms with Gasteiger partial charge in [0.05, 0.1) is 20.6 Å². The predicted molar refractivity (Wildman–Crippen MR) is 57.5 cm³/mol. The molecule has 0 radical (unpaired) electrons. The van der Waals surface area contributed by atoms with Crippen LogP contribution in [0, 0.1) is 0 Å². The molecule has 2 rings (SSSR count). The van der Waals surface area contributed by atoms with Crippen molar-refractivity contribution in [2.24, 2.45) is 0 Å². The van der Waals surface area contributed by atoms with Crippen LogP contribution in [0.25, 0.3) is 10.6 Å². The van der Waals surface area contributed by atoms with Crippen molar-refractivity contribution in [1.29, 1.82) is 0 Å². The average Bonchev–Trinajstić information content (AvgIpc) is 2.62. The van der Waals surface area contributed by atoms with Crippen LogP contribution in [-0.4, -0.2) is 9.97 Å². The SMILES string of the molecule is Nc1cc(-c2cncs2)ncc1Br. The maximum atomic E-state index is 5.72. The van der Waals surface area contributed by atoms with E-state index in [0.717, 1.165) is 15.0 Å². The summed E-state index contributed by atoms with van der Waals surface area (Å²) in [6, 6.07) is 1.83. The second-order valence-corrected chi connectivity index (χ2v) is 4.20. The highest BCUT2D eigenvalue weighted by atomic mass is 79.9. The van der Waals surface area contributed by atoms with Gasteiger partial charge in [0.15, 0.2) is 0 Å². The van der Waals surface area contributed by atoms with E-state index in [1.165, 1.54) is 0 Å². The number of nitrogens with two attached hydrogens (primary N) is 1. The molecule has 0 bridgehead atoms. The summed E-state index contributed by atoms with van der Waals surface area (Å²) < 4.78 is 0.820. The Morgan fingerprint density at radius 2 is 2.23 bits per heavy atom. The molecule has 0 atom stereocenters. The van der Waals surface area contributed by atoms with Crippen molar-refractivity contribution >= 4 is 33.0 Å². The molecular weight excluding hydrogens is 250 g/mol. The first kappa shape index (κ1) is 8.65. The van der Waals surface area contributed by atoms with E-state index in [1.54, 1.807) is 29.2 Å². The highest BCUT2D eigenvalue weighted by Gasteiger charge is 2.03. The van der Waals surface area contributed by atoms with Crippen molar-refractivity contribution < 1.29 is 0 Å². The summed E-state index contributed by atoms with van der Waals surface area (Å²) in [5.74, 6) is 0. The number of hydrogen-bond donors (Lipinski definition) is 1. The van der Waals surface area contributed by atoms with Crippen molar-refractivity contribution in [3.8, 4) is 10.6 Å². The van der Waals surface area contributed by atoms with Crippen molar-refractivity contribution in [3.05, 3.63) is 28.4 Å². The first-order chi connectivity index (χ1) is 6.27. The Morgan fingerprint density at radius 1 is 1.38 bits per heavy atom. The van der Waals surface area contributed by atoms with E-state index in [2.05, 4.69) is 25.9 Å². The molecule has 0 amide bonds. The zero-order chi connectivity index (χ0) is 9.26. The monoisotopic (exact) mass is 255 g/mol. The smallest absolute Gasteiger partial charge is 0.0839 e. The molecule has 5 heteroatoms. The Balaban J connectivity index is 2.49. The zero-order valence-electron chi connectivity index (χ0n) is 6.57. The fraction of sp³-hybridized carbons (Fsp3) is 0. The van der Waals surface area contributed by atoms with Crippen LogP contribution >= 0.6 is 27.3 Å². The summed E-state index contributed by atoms with van der Waals surface area (Å²) >= 11 is 4.84. The molecule has 0 aliphatic carbocycles. The van der Waals surface area contributed by atoms with Crippen LogP contribution in [0.5, 0.6) is 0 Å². The van der Waals surface area contributed by atoms with Gasteiger partial charge in [-0.3, -0.25) is 9.97 Å². The molecule has 0 spiro atoms. The lowest BCUT2D eigenvalue weighted by molar-refractivity contribution is 1.31. The molecule has 0 saturated heterocycles. The summed E-state index contributed by atoms with van der Waals surface area (Å²) in [7, 11) is 0. The van der Waals surface area contributed by atoms with Gasteiger partial charge in [0, 0.05) is 18.1 Å². The summed E-state index contributed by atoms with van der Waals surface area (Å²) in [5, 5.41) is 0. The average molecular weight is 256 g/mol. The minimum Gasteiger partial charge on any atom is -0.398 e. The number of hydrogen-bond acceptors (Lipinski definition) is 4. The third kappa shape index (κ3) is 1.71. The first-order valence-electron chi connectivity index (χ1n) is 3.57. The quantitative estimate of drug-likeness (QED) is 0.853. The van der Waals surface area contributed by atoms with Crippen molar-refractivity contribution in [3.63, 3.8) is 0 Å². The summed E-state index contributed by atoms with van der Waals surface area (Å²) in [6.45, 7) is 0. The first-order valence-corrected chi connectivity index (χ1v) is 5.24. The van der Waals surface area contributed by atoms with E-state index in [1.807, 2.05) is 6.07 Å². The minimum atomic E-state index is 0.693. The van der Waals surface area contributed by atoms with Gasteiger partial charge in [0.25, 0.3) is 0 Å². The van der Waals surface area contributed by atoms with E-state index in [-0.39, 0.29) is 0 Å². The number of nitrogens with zero attached hydrogens (tertiary/aromatic N) is 2. The number of nitrogen functional groups attached to an aromatic ring is 1. The molecule has 2 N–H and O–H groups in total. The van der Waals surface area contributed by atoms with Gasteiger partial charge in [-0.15, -0.1) is 11.3 Å². The van der Waals surface area contributed by atoms with Crippen molar-refractivity contribution in [2.45, 2.75) is 0 Å². The van der Waals surface area contributed by atoms with Gasteiger partial charge >= 0.3 is 0 Å². The lowest BCUT2D eigenvalue weighted by Crippen LogP contribution is -1.89. The topological polar surface area (TPSA) is 51.8 Å². The zero-order valence-corrected chi connectivity index (χ0v) is 8.97. The normalized spacial score (nSPS) is 10.2. The van der Waals surface area contributed by atoms with Crippen LogP contribution < -0.4 is 5.73 Å². The maximum absolute atomic E-state index is 5.72. The third-order valence-corrected chi connectivity index (χ3v) is 3.03. The number of rotatable bonds is 1. The van der Waals surface area contributed by atoms with Crippen molar-refractivity contribution in [1.82, 2.24) is 9.97 Å². The minimum absolute atomic E-state index is 0.693. The van der Waals surface area contributed by atoms with Gasteiger partial charge in [-0.1, -0.05) is 0 Å². The molecule has 2 aromatic rings. The lowest BCUT2D eigenvalue weighted by atomic mass is 10.3. The fourth-order valence-corrected chi connectivity index (χ4v) is 1.74. The molecule has 0 aromatic carbocycles. The molecule has 13 heavy (non-hydrogen) atoms. The third-order valence-electron chi connectivity index (χ3n) is 1.57. The van der Waals surface area contributed by atoms with Crippen LogP contribution in [0.3, 0.4) is 0 Å². The standard InChI is InChI=1S/C8H6BrN3S/c9-5-2-12-7(1-6(5)10)8-3-11-4-13-8/h1-4H,(H2,10,12). The number of thiazole rings is 1. The van der Waals surface area contributed by atoms with Crippen LogP contribution in [-0.2, 0) is 0 Å². The maximum Gasteiger partial charge on any atom is 0.0839 e. The van der Waals surface area contributed by atoms with E-state index in [0.29, 0.717) is 5.69 Å². The second-order valence-electron chi connectivity index (χ2n) is 2.46. The molecule has 0 aliphatic rings. The Morgan fingerprint density at radius 3 is 2.85 bits per heavy atom. The van der Waals surface area contributed by atoms with Gasteiger partial charge < -0.3 is 5.73 Å². The van der Waals surface area contributed by atoms with E-state index >= 15 is 0 Å². The number of pyridine rings is 1. The van der Waals surface area contributed by atoms with Crippen LogP contribution in [0.15, 0.2) is 28.4 Å². The summed E-state index contributed by atoms with van der Waals surface area (Å²) in [5.41, 5.74) is 9.05. The van der Waals surface area contributed by atoms with Crippen molar-refractivity contribution in [2.75, 3.05) is 5.73 Å². The largest absolute Gasteiger partial charge is 0.398 e. The fourth-order valence-electron chi connectivity index (χ4n) is 0.931. The molecule has 0 fully saturated rings. The van der Waals surface area contributed by atoms with Crippen LogP contribution in [0.4, 0.5) is 5.69 Å². The molecule has 66 valence electrons. The van der Waals surface area contributed by atoms with Crippen LogP contribution in [0.1, 0.15) is 0 Å². The van der Waals surface area contributed by atoms with Gasteiger partial charge in [0.1, 0.15) is 0 Å². The molecule has 0 unspecified atom stereocenters. The van der Waals surface area contributed by atoms with E-state index < -0.39 is 0 Å². The highest BCUT2D eigenvalue weighted by Crippen LogP contribution is 2.26. The van der Waals surface area contributed by atoms with Gasteiger partial charge in [-0.25, -0.2) is 0 Å². The van der Waals surface area contributed by atoms with E-state index in [9.17, 15) is 0 Å². The predicted octanol–water partition coefficient (Wildman–Crippen LogP) is 2.55. The Labute approximate surface area is 87.8 Å². The van der Waals surface area contributed by atoms with E-state index in [4.69, 9.17) is 5.73 Å². The number of aromatic nitrogens is 2. The lowest BCUT2D eigenvalue weighted by Gasteiger charge is -1.99. The molecule has 2 aromatic heterocycles. The van der Waals surface area contributed by atoms with Crippen LogP contribution in [0.2, 0.25) is 0 Å². The molecule has 3 nitrogen and oxygen atoms in total. The van der Waals surface area contributed by atoms with Gasteiger partial charge in [-0.2, -0.15) is 0 Å². The molecular formula is C8H6BrN3S. The highest BCUT2D eigenvalue weighted by molar-refractivity contribution is 9.10. The Bertz CT molecular complexity index is 413. The number of anilines is 1. The molecule has 0 saturated carbocycles. The second kappa shape index (κ2) is 3.43. The Kier molecular flexibility index (Phi) is 2.28. The summed E-state index contributed by atoms with van der Waals surface area (Å²) in [4.78, 5) is 9.23. The Hall–Kier alpha value is -0.940. The molecule has 0 aliphatic heterocycles. The number of halogens is 1. The van der Waals surface area contributed by atoms with Gasteiger partial charge in [0.2, 0.25) is 0 Å².